The van der Waals surface area contributed by atoms with Crippen molar-refractivity contribution in [1.29, 1.82) is 0 Å². The smallest absolute Gasteiger partial charge is 0.238 e. The highest BCUT2D eigenvalue weighted by molar-refractivity contribution is 7.13. The molecule has 0 saturated heterocycles. The Balaban J connectivity index is 1.59. The molecule has 3 rings (SSSR count). The van der Waals surface area contributed by atoms with Crippen molar-refractivity contribution in [3.63, 3.8) is 0 Å². The molecule has 3 aromatic rings. The van der Waals surface area contributed by atoms with Crippen LogP contribution >= 0.6 is 22.9 Å². The number of halogens is 1. The molecule has 1 N–H and O–H groups in total. The highest BCUT2D eigenvalue weighted by Gasteiger charge is 2.00. The predicted octanol–water partition coefficient (Wildman–Crippen LogP) is 4.13. The van der Waals surface area contributed by atoms with Gasteiger partial charge in [0, 0.05) is 11.4 Å². The second kappa shape index (κ2) is 7.17. The number of nitrogens with zero attached hydrogens (tertiary/aromatic N) is 4. The number of anilines is 1. The van der Waals surface area contributed by atoms with E-state index in [9.17, 15) is 0 Å². The molecular weight excluding hydrogens is 334 g/mol. The third-order valence-electron chi connectivity index (χ3n) is 2.70. The molecule has 0 atom stereocenters. The SMILES string of the molecule is Cc1csc(NN=Cc2ccc(Oc3ccc(Cl)nn3)cc2)n1. The lowest BCUT2D eigenvalue weighted by atomic mass is 10.2. The fourth-order valence-electron chi connectivity index (χ4n) is 1.67. The number of rotatable bonds is 5. The molecule has 0 spiro atoms. The van der Waals surface area contributed by atoms with Crippen LogP contribution in [-0.2, 0) is 0 Å². The standard InChI is InChI=1S/C15H12ClN5OS/c1-10-9-23-15(18-10)21-17-8-11-2-4-12(5-3-11)22-14-7-6-13(16)19-20-14/h2-9H,1H3,(H,18,21). The summed E-state index contributed by atoms with van der Waals surface area (Å²) in [6.07, 6.45) is 1.71. The Hall–Kier alpha value is -2.51. The summed E-state index contributed by atoms with van der Waals surface area (Å²) >= 11 is 7.19. The topological polar surface area (TPSA) is 72.3 Å². The molecular formula is C15H12ClN5OS. The van der Waals surface area contributed by atoms with Crippen LogP contribution < -0.4 is 10.2 Å². The Kier molecular flexibility index (Phi) is 4.80. The van der Waals surface area contributed by atoms with Crippen LogP contribution in [0.25, 0.3) is 0 Å². The van der Waals surface area contributed by atoms with E-state index in [4.69, 9.17) is 16.3 Å². The first-order valence-corrected chi connectivity index (χ1v) is 7.93. The highest BCUT2D eigenvalue weighted by atomic mass is 35.5. The summed E-state index contributed by atoms with van der Waals surface area (Å²) < 4.78 is 5.56. The third kappa shape index (κ3) is 4.48. The van der Waals surface area contributed by atoms with E-state index in [2.05, 4.69) is 25.7 Å². The predicted molar refractivity (Wildman–Crippen MR) is 91.6 cm³/mol. The van der Waals surface area contributed by atoms with Crippen LogP contribution in [0.1, 0.15) is 11.3 Å². The summed E-state index contributed by atoms with van der Waals surface area (Å²) in [5, 5.41) is 14.8. The van der Waals surface area contributed by atoms with Gasteiger partial charge < -0.3 is 4.74 Å². The lowest BCUT2D eigenvalue weighted by Crippen LogP contribution is -1.92. The van der Waals surface area contributed by atoms with Crippen molar-refractivity contribution in [1.82, 2.24) is 15.2 Å². The summed E-state index contributed by atoms with van der Waals surface area (Å²) in [6, 6.07) is 10.7. The number of aryl methyl sites for hydroxylation is 1. The first-order valence-electron chi connectivity index (χ1n) is 6.67. The molecule has 0 aliphatic rings. The Bertz CT molecular complexity index is 801. The second-order valence-electron chi connectivity index (χ2n) is 4.53. The second-order valence-corrected chi connectivity index (χ2v) is 5.77. The quantitative estimate of drug-likeness (QED) is 0.556. The number of hydrazone groups is 1. The van der Waals surface area contributed by atoms with E-state index in [0.29, 0.717) is 16.8 Å². The van der Waals surface area contributed by atoms with Gasteiger partial charge in [0.15, 0.2) is 5.15 Å². The van der Waals surface area contributed by atoms with Gasteiger partial charge in [-0.15, -0.1) is 21.5 Å². The molecule has 116 valence electrons. The molecule has 0 unspecified atom stereocenters. The van der Waals surface area contributed by atoms with E-state index < -0.39 is 0 Å². The Labute approximate surface area is 141 Å². The average molecular weight is 346 g/mol. The molecule has 0 fully saturated rings. The van der Waals surface area contributed by atoms with Crippen molar-refractivity contribution >= 4 is 34.3 Å². The molecule has 2 heterocycles. The number of aromatic nitrogens is 3. The zero-order valence-electron chi connectivity index (χ0n) is 12.1. The molecule has 6 nitrogen and oxygen atoms in total. The van der Waals surface area contributed by atoms with Gasteiger partial charge in [0.05, 0.1) is 11.9 Å². The maximum Gasteiger partial charge on any atom is 0.238 e. The van der Waals surface area contributed by atoms with Crippen molar-refractivity contribution in [3.05, 3.63) is 58.2 Å². The minimum Gasteiger partial charge on any atom is -0.438 e. The first-order chi connectivity index (χ1) is 11.2. The van der Waals surface area contributed by atoms with Gasteiger partial charge in [-0.25, -0.2) is 4.98 Å². The van der Waals surface area contributed by atoms with Crippen molar-refractivity contribution in [3.8, 4) is 11.6 Å². The number of benzene rings is 1. The monoisotopic (exact) mass is 345 g/mol. The Morgan fingerprint density at radius 2 is 2.00 bits per heavy atom. The molecule has 0 aliphatic heterocycles. The van der Waals surface area contributed by atoms with Crippen LogP contribution in [0.4, 0.5) is 5.13 Å². The summed E-state index contributed by atoms with van der Waals surface area (Å²) in [5.74, 6) is 1.04. The number of hydrogen-bond donors (Lipinski definition) is 1. The van der Waals surface area contributed by atoms with Gasteiger partial charge in [-0.05, 0) is 42.8 Å². The lowest BCUT2D eigenvalue weighted by molar-refractivity contribution is 0.455. The summed E-state index contributed by atoms with van der Waals surface area (Å²) in [5.41, 5.74) is 4.79. The van der Waals surface area contributed by atoms with Gasteiger partial charge in [0.25, 0.3) is 0 Å². The van der Waals surface area contributed by atoms with E-state index in [1.165, 1.54) is 11.3 Å². The zero-order chi connectivity index (χ0) is 16.1. The molecule has 1 aromatic carbocycles. The maximum absolute atomic E-state index is 5.68. The summed E-state index contributed by atoms with van der Waals surface area (Å²) in [6.45, 7) is 1.94. The zero-order valence-corrected chi connectivity index (χ0v) is 13.7. The number of hydrogen-bond acceptors (Lipinski definition) is 7. The Morgan fingerprint density at radius 1 is 1.17 bits per heavy atom. The minimum absolute atomic E-state index is 0.326. The van der Waals surface area contributed by atoms with E-state index >= 15 is 0 Å². The molecule has 0 saturated carbocycles. The van der Waals surface area contributed by atoms with Gasteiger partial charge >= 0.3 is 0 Å². The van der Waals surface area contributed by atoms with Crippen LogP contribution in [0.15, 0.2) is 46.9 Å². The van der Waals surface area contributed by atoms with Crippen LogP contribution in [0.3, 0.4) is 0 Å². The van der Waals surface area contributed by atoms with Crippen molar-refractivity contribution < 1.29 is 4.74 Å². The van der Waals surface area contributed by atoms with E-state index in [1.54, 1.807) is 18.3 Å². The molecule has 8 heteroatoms. The minimum atomic E-state index is 0.326. The van der Waals surface area contributed by atoms with Crippen molar-refractivity contribution in [2.24, 2.45) is 5.10 Å². The fourth-order valence-corrected chi connectivity index (χ4v) is 2.41. The first kappa shape index (κ1) is 15.4. The fraction of sp³-hybridized carbons (Fsp3) is 0.0667. The normalized spacial score (nSPS) is 10.9. The summed E-state index contributed by atoms with van der Waals surface area (Å²) in [4.78, 5) is 4.26. The van der Waals surface area contributed by atoms with Crippen molar-refractivity contribution in [2.45, 2.75) is 6.92 Å². The molecule has 0 radical (unpaired) electrons. The lowest BCUT2D eigenvalue weighted by Gasteiger charge is -2.03. The number of nitrogens with one attached hydrogen (secondary N) is 1. The molecule has 2 aromatic heterocycles. The van der Waals surface area contributed by atoms with Crippen LogP contribution in [0.2, 0.25) is 5.15 Å². The van der Waals surface area contributed by atoms with E-state index in [0.717, 1.165) is 16.4 Å². The largest absolute Gasteiger partial charge is 0.438 e. The highest BCUT2D eigenvalue weighted by Crippen LogP contribution is 2.19. The molecule has 23 heavy (non-hydrogen) atoms. The third-order valence-corrected chi connectivity index (χ3v) is 3.77. The van der Waals surface area contributed by atoms with Gasteiger partial charge in [-0.1, -0.05) is 11.6 Å². The average Bonchev–Trinajstić information content (AvgIpc) is 2.97. The molecule has 0 bridgehead atoms. The summed E-state index contributed by atoms with van der Waals surface area (Å²) in [7, 11) is 0. The van der Waals surface area contributed by atoms with Crippen molar-refractivity contribution in [2.75, 3.05) is 5.43 Å². The van der Waals surface area contributed by atoms with Gasteiger partial charge in [-0.2, -0.15) is 5.10 Å². The van der Waals surface area contributed by atoms with Gasteiger partial charge in [-0.3, -0.25) is 5.43 Å². The molecule has 0 aliphatic carbocycles. The van der Waals surface area contributed by atoms with Gasteiger partial charge in [0.2, 0.25) is 11.0 Å². The Morgan fingerprint density at radius 3 is 2.65 bits per heavy atom. The number of thiazole rings is 1. The van der Waals surface area contributed by atoms with Gasteiger partial charge in [0.1, 0.15) is 5.75 Å². The van der Waals surface area contributed by atoms with E-state index in [-0.39, 0.29) is 0 Å². The van der Waals surface area contributed by atoms with Crippen LogP contribution in [0, 0.1) is 6.92 Å². The number of ether oxygens (including phenoxy) is 1. The van der Waals surface area contributed by atoms with E-state index in [1.807, 2.05) is 36.6 Å². The van der Waals surface area contributed by atoms with Crippen LogP contribution in [0.5, 0.6) is 11.6 Å². The maximum atomic E-state index is 5.68. The molecule has 0 amide bonds. The van der Waals surface area contributed by atoms with Crippen LogP contribution in [-0.4, -0.2) is 21.4 Å².